The van der Waals surface area contributed by atoms with Crippen LogP contribution in [0.2, 0.25) is 0 Å². The van der Waals surface area contributed by atoms with Crippen LogP contribution in [0.1, 0.15) is 27.7 Å². The van der Waals surface area contributed by atoms with Gasteiger partial charge in [-0.15, -0.1) is 11.3 Å². The second-order valence-corrected chi connectivity index (χ2v) is 8.96. The normalized spacial score (nSPS) is 13.8. The van der Waals surface area contributed by atoms with Gasteiger partial charge in [-0.05, 0) is 58.5 Å². The number of rotatable bonds is 5. The van der Waals surface area contributed by atoms with E-state index in [0.29, 0.717) is 22.9 Å². The molecule has 7 nitrogen and oxygen atoms in total. The van der Waals surface area contributed by atoms with E-state index in [4.69, 9.17) is 0 Å². The molecular formula is C26H19N5O2S. The lowest BCUT2D eigenvalue weighted by atomic mass is 9.99. The molecule has 4 heterocycles. The summed E-state index contributed by atoms with van der Waals surface area (Å²) in [4.78, 5) is 40.2. The van der Waals surface area contributed by atoms with Crippen molar-refractivity contribution in [2.24, 2.45) is 0 Å². The SMILES string of the molecule is O=C(Nc1nccs1)[C@@H](c1ccccn1)N1Cc2ccc(-c3ccc4[nH]ccc4c3)cc2C1=O. The Hall–Kier alpha value is -4.30. The van der Waals surface area contributed by atoms with Gasteiger partial charge < -0.3 is 9.88 Å². The van der Waals surface area contributed by atoms with Crippen molar-refractivity contribution < 1.29 is 9.59 Å². The van der Waals surface area contributed by atoms with Crippen molar-refractivity contribution in [3.63, 3.8) is 0 Å². The molecule has 6 rings (SSSR count). The Labute approximate surface area is 199 Å². The summed E-state index contributed by atoms with van der Waals surface area (Å²) >= 11 is 1.33. The van der Waals surface area contributed by atoms with Gasteiger partial charge in [0.15, 0.2) is 11.2 Å². The lowest BCUT2D eigenvalue weighted by molar-refractivity contribution is -0.121. The van der Waals surface area contributed by atoms with E-state index >= 15 is 0 Å². The second kappa shape index (κ2) is 8.24. The molecule has 0 saturated heterocycles. The predicted molar refractivity (Wildman–Crippen MR) is 131 cm³/mol. The summed E-state index contributed by atoms with van der Waals surface area (Å²) in [7, 11) is 0. The number of thiazole rings is 1. The molecule has 2 aromatic carbocycles. The zero-order valence-corrected chi connectivity index (χ0v) is 18.8. The average molecular weight is 466 g/mol. The van der Waals surface area contributed by atoms with Gasteiger partial charge in [-0.25, -0.2) is 4.98 Å². The standard InChI is InChI=1S/C26H19N5O2S/c32-24(30-26-29-11-12-34-26)23(22-3-1-2-9-27-22)31-15-19-5-4-17(14-20(19)25(31)33)16-6-7-21-18(13-16)8-10-28-21/h1-14,23,28H,15H2,(H,29,30,32)/t23-/m1/s1. The predicted octanol–water partition coefficient (Wildman–Crippen LogP) is 5.02. The summed E-state index contributed by atoms with van der Waals surface area (Å²) in [6.07, 6.45) is 5.16. The van der Waals surface area contributed by atoms with Crippen LogP contribution in [0.5, 0.6) is 0 Å². The molecule has 0 aliphatic carbocycles. The Morgan fingerprint density at radius 3 is 2.74 bits per heavy atom. The molecule has 0 fully saturated rings. The van der Waals surface area contributed by atoms with Crippen LogP contribution in [0.4, 0.5) is 5.13 Å². The monoisotopic (exact) mass is 465 g/mol. The fourth-order valence-corrected chi connectivity index (χ4v) is 4.91. The van der Waals surface area contributed by atoms with E-state index in [1.54, 1.807) is 34.8 Å². The van der Waals surface area contributed by atoms with E-state index in [0.717, 1.165) is 27.6 Å². The third-order valence-electron chi connectivity index (χ3n) is 6.02. The summed E-state index contributed by atoms with van der Waals surface area (Å²) in [6.45, 7) is 0.331. The maximum Gasteiger partial charge on any atom is 0.255 e. The fourth-order valence-electron chi connectivity index (χ4n) is 4.38. The number of pyridine rings is 1. The van der Waals surface area contributed by atoms with Crippen LogP contribution in [0.15, 0.2) is 84.6 Å². The molecule has 0 radical (unpaired) electrons. The minimum absolute atomic E-state index is 0.190. The number of hydrogen-bond donors (Lipinski definition) is 2. The van der Waals surface area contributed by atoms with Gasteiger partial charge in [-0.3, -0.25) is 19.9 Å². The highest BCUT2D eigenvalue weighted by molar-refractivity contribution is 7.13. The zero-order valence-electron chi connectivity index (χ0n) is 17.9. The highest BCUT2D eigenvalue weighted by Crippen LogP contribution is 2.34. The third-order valence-corrected chi connectivity index (χ3v) is 6.71. The van der Waals surface area contributed by atoms with Crippen molar-refractivity contribution in [2.75, 3.05) is 5.32 Å². The number of amides is 2. The second-order valence-electron chi connectivity index (χ2n) is 8.07. The average Bonchev–Trinajstić information content (AvgIpc) is 3.61. The first kappa shape index (κ1) is 20.3. The molecule has 0 saturated carbocycles. The van der Waals surface area contributed by atoms with Gasteiger partial charge in [0.25, 0.3) is 11.8 Å². The third kappa shape index (κ3) is 3.54. The molecule has 166 valence electrons. The van der Waals surface area contributed by atoms with Crippen molar-refractivity contribution in [1.82, 2.24) is 19.9 Å². The van der Waals surface area contributed by atoms with E-state index in [1.165, 1.54) is 11.3 Å². The number of anilines is 1. The number of hydrogen-bond acceptors (Lipinski definition) is 5. The summed E-state index contributed by atoms with van der Waals surface area (Å²) in [6, 6.07) is 18.6. The molecule has 34 heavy (non-hydrogen) atoms. The van der Waals surface area contributed by atoms with Crippen molar-refractivity contribution in [2.45, 2.75) is 12.6 Å². The summed E-state index contributed by atoms with van der Waals surface area (Å²) in [5.74, 6) is -0.530. The first-order chi connectivity index (χ1) is 16.7. The first-order valence-electron chi connectivity index (χ1n) is 10.8. The molecule has 8 heteroatoms. The molecule has 1 atom stereocenters. The zero-order chi connectivity index (χ0) is 23.1. The summed E-state index contributed by atoms with van der Waals surface area (Å²) < 4.78 is 0. The lowest BCUT2D eigenvalue weighted by Crippen LogP contribution is -2.38. The molecule has 0 unspecified atom stereocenters. The van der Waals surface area contributed by atoms with Crippen molar-refractivity contribution >= 4 is 39.2 Å². The van der Waals surface area contributed by atoms with Gasteiger partial charge in [0.05, 0.1) is 5.69 Å². The first-order valence-corrected chi connectivity index (χ1v) is 11.7. The van der Waals surface area contributed by atoms with Gasteiger partial charge in [0.1, 0.15) is 0 Å². The minimum Gasteiger partial charge on any atom is -0.361 e. The number of aromatic amines is 1. The van der Waals surface area contributed by atoms with Gasteiger partial charge in [0.2, 0.25) is 0 Å². The quantitative estimate of drug-likeness (QED) is 0.381. The van der Waals surface area contributed by atoms with Crippen molar-refractivity contribution in [3.05, 3.63) is 101 Å². The van der Waals surface area contributed by atoms with Crippen LogP contribution in [0.3, 0.4) is 0 Å². The number of aromatic nitrogens is 3. The van der Waals surface area contributed by atoms with Crippen LogP contribution in [0.25, 0.3) is 22.0 Å². The maximum absolute atomic E-state index is 13.6. The van der Waals surface area contributed by atoms with Gasteiger partial charge in [-0.1, -0.05) is 24.3 Å². The minimum atomic E-state index is -0.871. The highest BCUT2D eigenvalue weighted by atomic mass is 32.1. The number of carbonyl (C=O) groups is 2. The van der Waals surface area contributed by atoms with E-state index in [-0.39, 0.29) is 11.8 Å². The van der Waals surface area contributed by atoms with E-state index in [9.17, 15) is 9.59 Å². The molecule has 2 amide bonds. The van der Waals surface area contributed by atoms with Crippen LogP contribution in [0, 0.1) is 0 Å². The fraction of sp³-hybridized carbons (Fsp3) is 0.0769. The number of nitrogens with zero attached hydrogens (tertiary/aromatic N) is 3. The number of carbonyl (C=O) groups excluding carboxylic acids is 2. The molecule has 1 aliphatic heterocycles. The van der Waals surface area contributed by atoms with Crippen LogP contribution < -0.4 is 5.32 Å². The van der Waals surface area contributed by atoms with Crippen molar-refractivity contribution in [3.8, 4) is 11.1 Å². The molecule has 1 aliphatic rings. The topological polar surface area (TPSA) is 91.0 Å². The summed E-state index contributed by atoms with van der Waals surface area (Å²) in [5, 5.41) is 6.21. The van der Waals surface area contributed by atoms with E-state index in [2.05, 4.69) is 26.3 Å². The molecule has 2 N–H and O–H groups in total. The van der Waals surface area contributed by atoms with Gasteiger partial charge in [-0.2, -0.15) is 0 Å². The Kier molecular flexibility index (Phi) is 4.92. The summed E-state index contributed by atoms with van der Waals surface area (Å²) in [5.41, 5.74) is 5.06. The van der Waals surface area contributed by atoms with E-state index in [1.807, 2.05) is 48.7 Å². The highest BCUT2D eigenvalue weighted by Gasteiger charge is 2.38. The molecule has 5 aromatic rings. The van der Waals surface area contributed by atoms with Crippen LogP contribution in [-0.4, -0.2) is 31.7 Å². The Morgan fingerprint density at radius 2 is 1.91 bits per heavy atom. The van der Waals surface area contributed by atoms with Crippen molar-refractivity contribution in [1.29, 1.82) is 0 Å². The maximum atomic E-state index is 13.6. The Balaban J connectivity index is 1.35. The van der Waals surface area contributed by atoms with Crippen LogP contribution >= 0.6 is 11.3 Å². The molecule has 0 spiro atoms. The Morgan fingerprint density at radius 1 is 1.03 bits per heavy atom. The smallest absolute Gasteiger partial charge is 0.255 e. The lowest BCUT2D eigenvalue weighted by Gasteiger charge is -2.26. The van der Waals surface area contributed by atoms with E-state index < -0.39 is 6.04 Å². The van der Waals surface area contributed by atoms with Gasteiger partial charge >= 0.3 is 0 Å². The molecule has 3 aromatic heterocycles. The molecular weight excluding hydrogens is 446 g/mol. The number of H-pyrrole nitrogens is 1. The van der Waals surface area contributed by atoms with Gasteiger partial charge in [0, 0.05) is 41.6 Å². The van der Waals surface area contributed by atoms with Crippen LogP contribution in [-0.2, 0) is 11.3 Å². The Bertz CT molecular complexity index is 1510. The largest absolute Gasteiger partial charge is 0.361 e. The molecule has 0 bridgehead atoms. The number of fused-ring (bicyclic) bond motifs is 2. The number of nitrogens with one attached hydrogen (secondary N) is 2. The number of benzene rings is 2.